The summed E-state index contributed by atoms with van der Waals surface area (Å²) >= 11 is 1.99. The zero-order valence-electron chi connectivity index (χ0n) is 12.8. The molecule has 1 unspecified atom stereocenters. The van der Waals surface area contributed by atoms with E-state index in [0.717, 1.165) is 19.1 Å². The van der Waals surface area contributed by atoms with E-state index in [4.69, 9.17) is 0 Å². The van der Waals surface area contributed by atoms with Crippen LogP contribution in [0.1, 0.15) is 35.9 Å². The number of nitrogens with one attached hydrogen (secondary N) is 1. The molecular formula is C16H27N3S. The van der Waals surface area contributed by atoms with Gasteiger partial charge in [0, 0.05) is 48.0 Å². The van der Waals surface area contributed by atoms with Crippen molar-refractivity contribution in [3.05, 3.63) is 21.9 Å². The van der Waals surface area contributed by atoms with E-state index in [2.05, 4.69) is 41.2 Å². The summed E-state index contributed by atoms with van der Waals surface area (Å²) in [6, 6.07) is 6.11. The van der Waals surface area contributed by atoms with Crippen molar-refractivity contribution in [3.63, 3.8) is 0 Å². The number of hydrogen-bond acceptors (Lipinski definition) is 4. The van der Waals surface area contributed by atoms with Crippen molar-refractivity contribution in [2.45, 2.75) is 51.4 Å². The number of nitrogens with zero attached hydrogens (tertiary/aromatic N) is 2. The summed E-state index contributed by atoms with van der Waals surface area (Å²) in [5.41, 5.74) is 0. The second-order valence-corrected chi connectivity index (χ2v) is 7.71. The molecule has 0 amide bonds. The molecule has 1 aliphatic carbocycles. The van der Waals surface area contributed by atoms with E-state index in [1.807, 2.05) is 11.3 Å². The molecule has 1 saturated heterocycles. The normalized spacial score (nSPS) is 25.8. The molecule has 1 saturated carbocycles. The molecule has 0 radical (unpaired) electrons. The molecule has 0 spiro atoms. The molecule has 2 aliphatic rings. The van der Waals surface area contributed by atoms with Crippen molar-refractivity contribution in [1.82, 2.24) is 15.1 Å². The van der Waals surface area contributed by atoms with Crippen LogP contribution in [-0.2, 0) is 13.1 Å². The maximum atomic E-state index is 3.60. The summed E-state index contributed by atoms with van der Waals surface area (Å²) in [5, 5.41) is 3.60. The highest BCUT2D eigenvalue weighted by Gasteiger charge is 2.21. The third-order valence-corrected chi connectivity index (χ3v) is 5.47. The predicted octanol–water partition coefficient (Wildman–Crippen LogP) is 2.53. The summed E-state index contributed by atoms with van der Waals surface area (Å²) < 4.78 is 0. The van der Waals surface area contributed by atoms with Crippen LogP contribution >= 0.6 is 11.3 Å². The topological polar surface area (TPSA) is 18.5 Å². The maximum absolute atomic E-state index is 3.60. The van der Waals surface area contributed by atoms with Crippen molar-refractivity contribution < 1.29 is 0 Å². The Morgan fingerprint density at radius 2 is 2.05 bits per heavy atom. The largest absolute Gasteiger partial charge is 0.309 e. The van der Waals surface area contributed by atoms with Gasteiger partial charge in [0.25, 0.3) is 0 Å². The molecule has 3 rings (SSSR count). The summed E-state index contributed by atoms with van der Waals surface area (Å²) in [6.07, 6.45) is 4.04. The highest BCUT2D eigenvalue weighted by Crippen LogP contribution is 2.23. The lowest BCUT2D eigenvalue weighted by Crippen LogP contribution is -2.37. The van der Waals surface area contributed by atoms with Crippen molar-refractivity contribution in [1.29, 1.82) is 0 Å². The lowest BCUT2D eigenvalue weighted by atomic mass is 10.2. The number of hydrogen-bond donors (Lipinski definition) is 1. The lowest BCUT2D eigenvalue weighted by Gasteiger charge is -2.27. The Hall–Kier alpha value is -0.420. The third-order valence-electron chi connectivity index (χ3n) is 4.40. The minimum atomic E-state index is 0.664. The van der Waals surface area contributed by atoms with E-state index in [1.54, 1.807) is 0 Å². The van der Waals surface area contributed by atoms with Gasteiger partial charge in [-0.15, -0.1) is 11.3 Å². The van der Waals surface area contributed by atoms with Crippen molar-refractivity contribution >= 4 is 11.3 Å². The van der Waals surface area contributed by atoms with Crippen molar-refractivity contribution in [3.8, 4) is 0 Å². The molecule has 1 aromatic rings. The average molecular weight is 293 g/mol. The predicted molar refractivity (Wildman–Crippen MR) is 86.2 cm³/mol. The highest BCUT2D eigenvalue weighted by atomic mass is 32.1. The fraction of sp³-hybridized carbons (Fsp3) is 0.750. The summed E-state index contributed by atoms with van der Waals surface area (Å²) in [4.78, 5) is 8.12. The van der Waals surface area contributed by atoms with Gasteiger partial charge in [0.15, 0.2) is 0 Å². The Morgan fingerprint density at radius 3 is 2.85 bits per heavy atom. The average Bonchev–Trinajstić information content (AvgIpc) is 3.16. The van der Waals surface area contributed by atoms with Gasteiger partial charge in [0.2, 0.25) is 0 Å². The summed E-state index contributed by atoms with van der Waals surface area (Å²) in [6.45, 7) is 8.23. The Morgan fingerprint density at radius 1 is 1.25 bits per heavy atom. The molecule has 2 heterocycles. The van der Waals surface area contributed by atoms with E-state index in [1.165, 1.54) is 48.7 Å². The smallest absolute Gasteiger partial charge is 0.0331 e. The Bertz CT molecular complexity index is 427. The molecule has 1 N–H and O–H groups in total. The molecule has 112 valence electrons. The number of rotatable bonds is 5. The van der Waals surface area contributed by atoms with Crippen LogP contribution in [0.25, 0.3) is 0 Å². The highest BCUT2D eigenvalue weighted by molar-refractivity contribution is 7.11. The third kappa shape index (κ3) is 4.04. The molecule has 0 bridgehead atoms. The van der Waals surface area contributed by atoms with Gasteiger partial charge in [-0.1, -0.05) is 0 Å². The number of likely N-dealkylation sites (N-methyl/N-ethyl adjacent to an activating group) is 1. The fourth-order valence-electron chi connectivity index (χ4n) is 2.99. The van der Waals surface area contributed by atoms with Crippen LogP contribution in [0.3, 0.4) is 0 Å². The van der Waals surface area contributed by atoms with E-state index in [0.29, 0.717) is 6.04 Å². The monoisotopic (exact) mass is 293 g/mol. The van der Waals surface area contributed by atoms with Crippen LogP contribution in [0.4, 0.5) is 0 Å². The first-order valence-electron chi connectivity index (χ1n) is 7.94. The Kier molecular flexibility index (Phi) is 4.76. The van der Waals surface area contributed by atoms with E-state index in [9.17, 15) is 0 Å². The maximum Gasteiger partial charge on any atom is 0.0331 e. The van der Waals surface area contributed by atoms with Crippen LogP contribution in [0.15, 0.2) is 12.1 Å². The molecule has 3 nitrogen and oxygen atoms in total. The molecule has 4 heteroatoms. The Labute approximate surface area is 127 Å². The van der Waals surface area contributed by atoms with Gasteiger partial charge in [-0.25, -0.2) is 0 Å². The molecule has 0 aromatic carbocycles. The fourth-order valence-corrected chi connectivity index (χ4v) is 3.99. The standard InChI is InChI=1S/C16H27N3S/c1-13-11-18(2)8-3-9-19(13)12-16-7-6-15(20-16)10-17-14-4-5-14/h6-7,13-14,17H,3-5,8-12H2,1-2H3. The molecule has 20 heavy (non-hydrogen) atoms. The molecule has 2 fully saturated rings. The second kappa shape index (κ2) is 6.56. The van der Waals surface area contributed by atoms with E-state index >= 15 is 0 Å². The van der Waals surface area contributed by atoms with Gasteiger partial charge in [-0.3, -0.25) is 4.90 Å². The van der Waals surface area contributed by atoms with Crippen molar-refractivity contribution in [2.24, 2.45) is 0 Å². The van der Waals surface area contributed by atoms with Gasteiger partial charge in [-0.05, 0) is 51.9 Å². The van der Waals surface area contributed by atoms with Gasteiger partial charge in [-0.2, -0.15) is 0 Å². The first kappa shape index (κ1) is 14.5. The molecule has 1 aliphatic heterocycles. The van der Waals surface area contributed by atoms with Crippen LogP contribution < -0.4 is 5.32 Å². The van der Waals surface area contributed by atoms with Gasteiger partial charge in [0.05, 0.1) is 0 Å². The van der Waals surface area contributed by atoms with Crippen LogP contribution in [0, 0.1) is 0 Å². The van der Waals surface area contributed by atoms with Crippen LogP contribution in [0.5, 0.6) is 0 Å². The molecule has 1 aromatic heterocycles. The summed E-state index contributed by atoms with van der Waals surface area (Å²) in [5.74, 6) is 0. The zero-order valence-corrected chi connectivity index (χ0v) is 13.6. The Balaban J connectivity index is 1.53. The van der Waals surface area contributed by atoms with Crippen molar-refractivity contribution in [2.75, 3.05) is 26.7 Å². The molecular weight excluding hydrogens is 266 g/mol. The van der Waals surface area contributed by atoms with Gasteiger partial charge in [0.1, 0.15) is 0 Å². The van der Waals surface area contributed by atoms with E-state index < -0.39 is 0 Å². The second-order valence-electron chi connectivity index (χ2n) is 6.46. The zero-order chi connectivity index (χ0) is 13.9. The van der Waals surface area contributed by atoms with Crippen LogP contribution in [-0.4, -0.2) is 48.6 Å². The van der Waals surface area contributed by atoms with Gasteiger partial charge >= 0.3 is 0 Å². The minimum Gasteiger partial charge on any atom is -0.309 e. The van der Waals surface area contributed by atoms with Gasteiger partial charge < -0.3 is 10.2 Å². The molecule has 1 atom stereocenters. The van der Waals surface area contributed by atoms with E-state index in [-0.39, 0.29) is 0 Å². The number of thiophene rings is 1. The summed E-state index contributed by atoms with van der Waals surface area (Å²) in [7, 11) is 2.24. The minimum absolute atomic E-state index is 0.664. The quantitative estimate of drug-likeness (QED) is 0.900. The first-order valence-corrected chi connectivity index (χ1v) is 8.76. The lowest BCUT2D eigenvalue weighted by molar-refractivity contribution is 0.196. The first-order chi connectivity index (χ1) is 9.70. The SMILES string of the molecule is CC1CN(C)CCCN1Cc1ccc(CNC2CC2)s1. The van der Waals surface area contributed by atoms with Crippen LogP contribution in [0.2, 0.25) is 0 Å².